The lowest BCUT2D eigenvalue weighted by Crippen LogP contribution is -2.30. The molecule has 0 spiro atoms. The first kappa shape index (κ1) is 17.9. The van der Waals surface area contributed by atoms with Gasteiger partial charge >= 0.3 is 0 Å². The van der Waals surface area contributed by atoms with Gasteiger partial charge in [0.1, 0.15) is 11.5 Å². The fourth-order valence-corrected chi connectivity index (χ4v) is 2.15. The van der Waals surface area contributed by atoms with Crippen molar-refractivity contribution >= 4 is 11.6 Å². The molecule has 0 bridgehead atoms. The molecule has 0 fully saturated rings. The molecule has 0 heterocycles. The van der Waals surface area contributed by atoms with Crippen molar-refractivity contribution in [2.45, 2.75) is 39.7 Å². The summed E-state index contributed by atoms with van der Waals surface area (Å²) in [6.45, 7) is 6.53. The van der Waals surface area contributed by atoms with E-state index in [0.717, 1.165) is 35.6 Å². The molecule has 0 aliphatic carbocycles. The molecule has 0 aromatic heterocycles. The van der Waals surface area contributed by atoms with Gasteiger partial charge in [0.2, 0.25) is 0 Å². The molecule has 1 amide bonds. The van der Waals surface area contributed by atoms with Gasteiger partial charge in [-0.25, -0.2) is 0 Å². The molecule has 1 atom stereocenters. The predicted octanol–water partition coefficient (Wildman–Crippen LogP) is 4.58. The average molecular weight is 327 g/mol. The van der Waals surface area contributed by atoms with E-state index in [1.165, 1.54) is 0 Å². The lowest BCUT2D eigenvalue weighted by molar-refractivity contribution is -0.122. The SMILES string of the molecule is CCCCOc1ccc(NC(=O)[C@H](C)Oc2ccccc2C)cc1. The van der Waals surface area contributed by atoms with E-state index in [9.17, 15) is 4.79 Å². The van der Waals surface area contributed by atoms with Gasteiger partial charge in [0.25, 0.3) is 5.91 Å². The highest BCUT2D eigenvalue weighted by Gasteiger charge is 2.15. The lowest BCUT2D eigenvalue weighted by atomic mass is 10.2. The number of carbonyl (C=O) groups is 1. The third-order valence-electron chi connectivity index (χ3n) is 3.66. The fraction of sp³-hybridized carbons (Fsp3) is 0.350. The monoisotopic (exact) mass is 327 g/mol. The molecule has 2 aromatic rings. The molecule has 0 saturated carbocycles. The third-order valence-corrected chi connectivity index (χ3v) is 3.66. The van der Waals surface area contributed by atoms with Gasteiger partial charge in [-0.1, -0.05) is 31.5 Å². The minimum atomic E-state index is -0.577. The maximum absolute atomic E-state index is 12.3. The number of carbonyl (C=O) groups excluding carboxylic acids is 1. The Balaban J connectivity index is 1.88. The first-order valence-electron chi connectivity index (χ1n) is 8.36. The van der Waals surface area contributed by atoms with E-state index in [4.69, 9.17) is 9.47 Å². The first-order chi connectivity index (χ1) is 11.6. The number of aryl methyl sites for hydroxylation is 1. The van der Waals surface area contributed by atoms with Gasteiger partial charge in [-0.3, -0.25) is 4.79 Å². The van der Waals surface area contributed by atoms with Crippen molar-refractivity contribution in [3.05, 3.63) is 54.1 Å². The zero-order valence-electron chi connectivity index (χ0n) is 14.5. The number of nitrogens with one attached hydrogen (secondary N) is 1. The van der Waals surface area contributed by atoms with E-state index in [1.54, 1.807) is 6.92 Å². The summed E-state index contributed by atoms with van der Waals surface area (Å²) >= 11 is 0. The summed E-state index contributed by atoms with van der Waals surface area (Å²) in [4.78, 5) is 12.3. The van der Waals surface area contributed by atoms with Crippen molar-refractivity contribution in [2.24, 2.45) is 0 Å². The topological polar surface area (TPSA) is 47.6 Å². The maximum Gasteiger partial charge on any atom is 0.265 e. The normalized spacial score (nSPS) is 11.6. The van der Waals surface area contributed by atoms with Crippen molar-refractivity contribution in [3.63, 3.8) is 0 Å². The van der Waals surface area contributed by atoms with Crippen LogP contribution in [-0.2, 0) is 4.79 Å². The average Bonchev–Trinajstić information content (AvgIpc) is 2.58. The Morgan fingerprint density at radius 2 is 1.83 bits per heavy atom. The number of anilines is 1. The highest BCUT2D eigenvalue weighted by atomic mass is 16.5. The molecule has 0 radical (unpaired) electrons. The van der Waals surface area contributed by atoms with Crippen molar-refractivity contribution in [1.29, 1.82) is 0 Å². The summed E-state index contributed by atoms with van der Waals surface area (Å²) in [5, 5.41) is 2.86. The van der Waals surface area contributed by atoms with Crippen LogP contribution in [0, 0.1) is 6.92 Å². The molecule has 4 heteroatoms. The minimum Gasteiger partial charge on any atom is -0.494 e. The number of hydrogen-bond acceptors (Lipinski definition) is 3. The van der Waals surface area contributed by atoms with Gasteiger partial charge < -0.3 is 14.8 Å². The second-order valence-electron chi connectivity index (χ2n) is 5.74. The van der Waals surface area contributed by atoms with Crippen LogP contribution in [0.15, 0.2) is 48.5 Å². The van der Waals surface area contributed by atoms with Gasteiger partial charge in [0.15, 0.2) is 6.10 Å². The number of unbranched alkanes of at least 4 members (excludes halogenated alkanes) is 1. The predicted molar refractivity (Wildman–Crippen MR) is 96.7 cm³/mol. The van der Waals surface area contributed by atoms with E-state index >= 15 is 0 Å². The van der Waals surface area contributed by atoms with Crippen LogP contribution < -0.4 is 14.8 Å². The minimum absolute atomic E-state index is 0.182. The third kappa shape index (κ3) is 5.30. The van der Waals surface area contributed by atoms with Crippen LogP contribution in [0.25, 0.3) is 0 Å². The number of para-hydroxylation sites is 1. The molecule has 128 valence electrons. The summed E-state index contributed by atoms with van der Waals surface area (Å²) < 4.78 is 11.3. The standard InChI is InChI=1S/C20H25NO3/c1-4-5-14-23-18-12-10-17(11-13-18)21-20(22)16(3)24-19-9-7-6-8-15(19)2/h6-13,16H,4-5,14H2,1-3H3,(H,21,22)/t16-/m0/s1. The van der Waals surface area contributed by atoms with E-state index in [0.29, 0.717) is 6.61 Å². The van der Waals surface area contributed by atoms with Crippen LogP contribution in [0.4, 0.5) is 5.69 Å². The van der Waals surface area contributed by atoms with Crippen LogP contribution >= 0.6 is 0 Å². The second-order valence-corrected chi connectivity index (χ2v) is 5.74. The van der Waals surface area contributed by atoms with E-state index in [-0.39, 0.29) is 5.91 Å². The van der Waals surface area contributed by atoms with Crippen LogP contribution in [0.2, 0.25) is 0 Å². The molecule has 4 nitrogen and oxygen atoms in total. The molecule has 0 saturated heterocycles. The van der Waals surface area contributed by atoms with E-state index in [2.05, 4.69) is 12.2 Å². The first-order valence-corrected chi connectivity index (χ1v) is 8.36. The van der Waals surface area contributed by atoms with Crippen LogP contribution in [-0.4, -0.2) is 18.6 Å². The van der Waals surface area contributed by atoms with Gasteiger partial charge in [-0.15, -0.1) is 0 Å². The number of ether oxygens (including phenoxy) is 2. The molecule has 0 aliphatic rings. The smallest absolute Gasteiger partial charge is 0.265 e. The summed E-state index contributed by atoms with van der Waals surface area (Å²) in [5.41, 5.74) is 1.73. The molecule has 24 heavy (non-hydrogen) atoms. The highest BCUT2D eigenvalue weighted by Crippen LogP contribution is 2.19. The summed E-state index contributed by atoms with van der Waals surface area (Å²) in [6, 6.07) is 15.0. The summed E-state index contributed by atoms with van der Waals surface area (Å²) in [7, 11) is 0. The molecule has 2 rings (SSSR count). The zero-order chi connectivity index (χ0) is 17.4. The van der Waals surface area contributed by atoms with Crippen molar-refractivity contribution in [1.82, 2.24) is 0 Å². The number of hydrogen-bond donors (Lipinski definition) is 1. The van der Waals surface area contributed by atoms with Crippen LogP contribution in [0.1, 0.15) is 32.3 Å². The molecule has 0 unspecified atom stereocenters. The Hall–Kier alpha value is -2.49. The van der Waals surface area contributed by atoms with E-state index < -0.39 is 6.10 Å². The van der Waals surface area contributed by atoms with Gasteiger partial charge in [0, 0.05) is 5.69 Å². The van der Waals surface area contributed by atoms with E-state index in [1.807, 2.05) is 55.5 Å². The van der Waals surface area contributed by atoms with Gasteiger partial charge in [0.05, 0.1) is 6.61 Å². The van der Waals surface area contributed by atoms with Crippen molar-refractivity contribution in [2.75, 3.05) is 11.9 Å². The highest BCUT2D eigenvalue weighted by molar-refractivity contribution is 5.94. The van der Waals surface area contributed by atoms with Crippen molar-refractivity contribution < 1.29 is 14.3 Å². The Morgan fingerprint density at radius 1 is 1.12 bits per heavy atom. The molecular formula is C20H25NO3. The molecule has 2 aromatic carbocycles. The van der Waals surface area contributed by atoms with Crippen LogP contribution in [0.3, 0.4) is 0 Å². The number of benzene rings is 2. The Bertz CT molecular complexity index is 652. The fourth-order valence-electron chi connectivity index (χ4n) is 2.15. The lowest BCUT2D eigenvalue weighted by Gasteiger charge is -2.16. The number of rotatable bonds is 8. The Kier molecular flexibility index (Phi) is 6.67. The number of amides is 1. The van der Waals surface area contributed by atoms with Gasteiger partial charge in [-0.05, 0) is 56.2 Å². The largest absolute Gasteiger partial charge is 0.494 e. The summed E-state index contributed by atoms with van der Waals surface area (Å²) in [5.74, 6) is 1.35. The van der Waals surface area contributed by atoms with Gasteiger partial charge in [-0.2, -0.15) is 0 Å². The summed E-state index contributed by atoms with van der Waals surface area (Å²) in [6.07, 6.45) is 1.56. The molecule has 0 aliphatic heterocycles. The second kappa shape index (κ2) is 8.96. The van der Waals surface area contributed by atoms with Crippen molar-refractivity contribution in [3.8, 4) is 11.5 Å². The Labute approximate surface area is 143 Å². The quantitative estimate of drug-likeness (QED) is 0.722. The Morgan fingerprint density at radius 3 is 2.50 bits per heavy atom. The van der Waals surface area contributed by atoms with Crippen LogP contribution in [0.5, 0.6) is 11.5 Å². The molecular weight excluding hydrogens is 302 g/mol. The maximum atomic E-state index is 12.3. The molecule has 1 N–H and O–H groups in total. The zero-order valence-corrected chi connectivity index (χ0v) is 14.5.